The number of fused-ring (bicyclic) bond motifs is 1. The molecule has 1 N–H and O–H groups in total. The normalized spacial score (nSPS) is 11.2. The van der Waals surface area contributed by atoms with Crippen molar-refractivity contribution < 1.29 is 0 Å². The smallest absolute Gasteiger partial charge is 0.137 e. The molecular formula is C14H21N3S. The van der Waals surface area contributed by atoms with E-state index in [1.807, 2.05) is 36.2 Å². The van der Waals surface area contributed by atoms with Crippen molar-refractivity contribution in [2.45, 2.75) is 25.8 Å². The minimum absolute atomic E-state index is 0.865. The van der Waals surface area contributed by atoms with E-state index < -0.39 is 0 Å². The Morgan fingerprint density at radius 3 is 3.06 bits per heavy atom. The highest BCUT2D eigenvalue weighted by Gasteiger charge is 1.99. The lowest BCUT2D eigenvalue weighted by Crippen LogP contribution is -2.14. The number of nitrogens with one attached hydrogen (secondary N) is 1. The van der Waals surface area contributed by atoms with Crippen LogP contribution in [0.25, 0.3) is 5.65 Å². The van der Waals surface area contributed by atoms with Crippen molar-refractivity contribution in [2.24, 2.45) is 0 Å². The Bertz CT molecular complexity index is 434. The first-order valence-electron chi connectivity index (χ1n) is 6.52. The molecule has 0 bridgehead atoms. The lowest BCUT2D eigenvalue weighted by molar-refractivity contribution is 0.614. The summed E-state index contributed by atoms with van der Waals surface area (Å²) in [6.45, 7) is 1.95. The quantitative estimate of drug-likeness (QED) is 0.743. The van der Waals surface area contributed by atoms with Gasteiger partial charge in [-0.3, -0.25) is 0 Å². The molecule has 2 aromatic heterocycles. The Morgan fingerprint density at radius 2 is 2.22 bits per heavy atom. The van der Waals surface area contributed by atoms with Crippen molar-refractivity contribution in [1.29, 1.82) is 0 Å². The van der Waals surface area contributed by atoms with Crippen LogP contribution in [-0.2, 0) is 6.54 Å². The van der Waals surface area contributed by atoms with Crippen LogP contribution in [0.2, 0.25) is 0 Å². The van der Waals surface area contributed by atoms with E-state index in [0.717, 1.165) is 24.4 Å². The fraction of sp³-hybridized carbons (Fsp3) is 0.500. The minimum atomic E-state index is 0.865. The molecule has 0 aromatic carbocycles. The Hall–Kier alpha value is -1.00. The number of hydrogen-bond acceptors (Lipinski definition) is 3. The van der Waals surface area contributed by atoms with E-state index in [2.05, 4.69) is 27.2 Å². The molecule has 0 aliphatic heterocycles. The highest BCUT2D eigenvalue weighted by Crippen LogP contribution is 2.04. The molecule has 3 nitrogen and oxygen atoms in total. The van der Waals surface area contributed by atoms with Gasteiger partial charge in [0.1, 0.15) is 5.65 Å². The molecule has 2 heterocycles. The number of aromatic nitrogens is 2. The van der Waals surface area contributed by atoms with Crippen molar-refractivity contribution in [2.75, 3.05) is 18.6 Å². The van der Waals surface area contributed by atoms with Crippen LogP contribution in [0.15, 0.2) is 30.6 Å². The van der Waals surface area contributed by atoms with Crippen LogP contribution in [0.4, 0.5) is 0 Å². The van der Waals surface area contributed by atoms with Gasteiger partial charge >= 0.3 is 0 Å². The molecule has 4 heteroatoms. The summed E-state index contributed by atoms with van der Waals surface area (Å²) in [4.78, 5) is 4.56. The highest BCUT2D eigenvalue weighted by molar-refractivity contribution is 7.98. The predicted octanol–water partition coefficient (Wildman–Crippen LogP) is 2.96. The summed E-state index contributed by atoms with van der Waals surface area (Å²) in [7, 11) is 0. The van der Waals surface area contributed by atoms with Crippen molar-refractivity contribution in [3.8, 4) is 0 Å². The third-order valence-corrected chi connectivity index (χ3v) is 3.62. The Balaban J connectivity index is 1.67. The number of unbranched alkanes of at least 4 members (excludes halogenated alkanes) is 2. The van der Waals surface area contributed by atoms with E-state index in [4.69, 9.17) is 0 Å². The molecule has 0 saturated heterocycles. The van der Waals surface area contributed by atoms with Gasteiger partial charge in [-0.1, -0.05) is 12.5 Å². The molecule has 0 fully saturated rings. The maximum atomic E-state index is 4.56. The Labute approximate surface area is 113 Å². The van der Waals surface area contributed by atoms with Gasteiger partial charge < -0.3 is 9.72 Å². The number of imidazole rings is 1. The zero-order valence-electron chi connectivity index (χ0n) is 10.9. The number of pyridine rings is 1. The van der Waals surface area contributed by atoms with Gasteiger partial charge in [-0.15, -0.1) is 0 Å². The van der Waals surface area contributed by atoms with Gasteiger partial charge in [-0.25, -0.2) is 4.98 Å². The van der Waals surface area contributed by atoms with Gasteiger partial charge in [0.25, 0.3) is 0 Å². The zero-order valence-corrected chi connectivity index (χ0v) is 11.7. The van der Waals surface area contributed by atoms with Crippen molar-refractivity contribution in [3.63, 3.8) is 0 Å². The van der Waals surface area contributed by atoms with Crippen LogP contribution in [0, 0.1) is 0 Å². The van der Waals surface area contributed by atoms with E-state index in [1.165, 1.54) is 25.0 Å². The fourth-order valence-corrected chi connectivity index (χ4v) is 2.45. The van der Waals surface area contributed by atoms with Gasteiger partial charge in [-0.2, -0.15) is 11.8 Å². The molecule has 18 heavy (non-hydrogen) atoms. The first-order chi connectivity index (χ1) is 8.90. The number of thioether (sulfide) groups is 1. The summed E-state index contributed by atoms with van der Waals surface area (Å²) in [6, 6.07) is 6.08. The second kappa shape index (κ2) is 7.44. The van der Waals surface area contributed by atoms with E-state index in [9.17, 15) is 0 Å². The summed E-state index contributed by atoms with van der Waals surface area (Å²) in [5.74, 6) is 1.28. The van der Waals surface area contributed by atoms with Crippen LogP contribution < -0.4 is 5.32 Å². The third-order valence-electron chi connectivity index (χ3n) is 2.92. The van der Waals surface area contributed by atoms with Crippen molar-refractivity contribution >= 4 is 17.4 Å². The lowest BCUT2D eigenvalue weighted by Gasteiger charge is -2.02. The van der Waals surface area contributed by atoms with Crippen LogP contribution in [0.5, 0.6) is 0 Å². The van der Waals surface area contributed by atoms with Gasteiger partial charge in [-0.05, 0) is 43.5 Å². The third kappa shape index (κ3) is 4.03. The number of nitrogens with zero attached hydrogens (tertiary/aromatic N) is 2. The molecule has 0 saturated carbocycles. The van der Waals surface area contributed by atoms with Crippen LogP contribution in [0.1, 0.15) is 25.0 Å². The average Bonchev–Trinajstić information content (AvgIpc) is 2.80. The second-order valence-electron chi connectivity index (χ2n) is 4.43. The largest absolute Gasteiger partial charge is 0.311 e. The van der Waals surface area contributed by atoms with E-state index in [1.54, 1.807) is 0 Å². The Kier molecular flexibility index (Phi) is 5.55. The molecule has 0 radical (unpaired) electrons. The van der Waals surface area contributed by atoms with E-state index in [0.29, 0.717) is 0 Å². The molecule has 2 rings (SSSR count). The molecule has 0 atom stereocenters. The molecule has 0 aliphatic rings. The SMILES string of the molecule is CSCCCCCNCc1cn2ccccc2n1. The molecule has 0 unspecified atom stereocenters. The summed E-state index contributed by atoms with van der Waals surface area (Å²) < 4.78 is 2.06. The summed E-state index contributed by atoms with van der Waals surface area (Å²) in [5.41, 5.74) is 2.14. The number of rotatable bonds is 8. The first kappa shape index (κ1) is 13.4. The lowest BCUT2D eigenvalue weighted by atomic mass is 10.2. The van der Waals surface area contributed by atoms with Gasteiger partial charge in [0.05, 0.1) is 5.69 Å². The monoisotopic (exact) mass is 263 g/mol. The van der Waals surface area contributed by atoms with E-state index in [-0.39, 0.29) is 0 Å². The standard InChI is InChI=1S/C14H21N3S/c1-18-10-6-2-4-8-15-11-13-12-17-9-5-3-7-14(17)16-13/h3,5,7,9,12,15H,2,4,6,8,10-11H2,1H3. The first-order valence-corrected chi connectivity index (χ1v) is 7.92. The number of hydrogen-bond donors (Lipinski definition) is 1. The highest BCUT2D eigenvalue weighted by atomic mass is 32.2. The average molecular weight is 263 g/mol. The second-order valence-corrected chi connectivity index (χ2v) is 5.41. The molecule has 0 amide bonds. The van der Waals surface area contributed by atoms with Crippen molar-refractivity contribution in [1.82, 2.24) is 14.7 Å². The minimum Gasteiger partial charge on any atom is -0.311 e. The maximum absolute atomic E-state index is 4.56. The molecule has 98 valence electrons. The zero-order chi connectivity index (χ0) is 12.6. The summed E-state index contributed by atoms with van der Waals surface area (Å²) >= 11 is 1.93. The predicted molar refractivity (Wildman–Crippen MR) is 79.1 cm³/mol. The van der Waals surface area contributed by atoms with Gasteiger partial charge in [0.15, 0.2) is 0 Å². The van der Waals surface area contributed by atoms with Crippen LogP contribution in [-0.4, -0.2) is 27.9 Å². The van der Waals surface area contributed by atoms with Gasteiger partial charge in [0, 0.05) is 18.9 Å². The van der Waals surface area contributed by atoms with Gasteiger partial charge in [0.2, 0.25) is 0 Å². The Morgan fingerprint density at radius 1 is 1.28 bits per heavy atom. The summed E-state index contributed by atoms with van der Waals surface area (Å²) in [5, 5.41) is 3.46. The van der Waals surface area contributed by atoms with Crippen LogP contribution in [0.3, 0.4) is 0 Å². The molecule has 0 aliphatic carbocycles. The van der Waals surface area contributed by atoms with E-state index >= 15 is 0 Å². The fourth-order valence-electron chi connectivity index (χ4n) is 1.96. The van der Waals surface area contributed by atoms with Crippen LogP contribution >= 0.6 is 11.8 Å². The maximum Gasteiger partial charge on any atom is 0.137 e. The molecule has 0 spiro atoms. The molecular weight excluding hydrogens is 242 g/mol. The molecule has 2 aromatic rings. The summed E-state index contributed by atoms with van der Waals surface area (Å²) in [6.07, 6.45) is 10.2. The van der Waals surface area contributed by atoms with Crippen molar-refractivity contribution in [3.05, 3.63) is 36.3 Å². The topological polar surface area (TPSA) is 29.3 Å².